The van der Waals surface area contributed by atoms with Gasteiger partial charge in [0.05, 0.1) is 0 Å². The molecule has 0 aromatic rings. The van der Waals surface area contributed by atoms with Crippen LogP contribution in [0.4, 0.5) is 0 Å². The van der Waals surface area contributed by atoms with Crippen LogP contribution in [0.25, 0.3) is 0 Å². The van der Waals surface area contributed by atoms with Crippen molar-refractivity contribution in [3.63, 3.8) is 0 Å². The Morgan fingerprint density at radius 1 is 1.43 bits per heavy atom. The molecule has 36 valence electrons. The summed E-state index contributed by atoms with van der Waals surface area (Å²) in [7, 11) is 0. The molecule has 0 spiro atoms. The third-order valence-electron chi connectivity index (χ3n) is 0. The van der Waals surface area contributed by atoms with Crippen molar-refractivity contribution in [2.75, 3.05) is 0 Å². The first-order valence-corrected chi connectivity index (χ1v) is 0.565. The Balaban J connectivity index is -0.0000000150. The van der Waals surface area contributed by atoms with Crippen molar-refractivity contribution in [1.82, 2.24) is 0 Å². The average Bonchev–Trinajstić information content (AvgIpc) is 0.811. The quantitative estimate of drug-likeness (QED) is 0.301. The van der Waals surface area contributed by atoms with E-state index in [9.17, 15) is 0 Å². The van der Waals surface area contributed by atoms with E-state index in [2.05, 4.69) is 0 Å². The molecular weight excluding hydrogens is 320 g/mol. The molecule has 0 rings (SSSR count). The maximum atomic E-state index is 8.36. The van der Waals surface area contributed by atoms with Gasteiger partial charge >= 0.3 is 0 Å². The molecule has 0 atom stereocenters. The van der Waals surface area contributed by atoms with Gasteiger partial charge in [0, 0.05) is 39.0 Å². The van der Waals surface area contributed by atoms with Crippen LogP contribution < -0.4 is 0 Å². The number of rotatable bonds is 0. The molecule has 0 heterocycles. The summed E-state index contributed by atoms with van der Waals surface area (Å²) in [5.41, 5.74) is 0. The van der Waals surface area contributed by atoms with Crippen molar-refractivity contribution >= 4 is 24.0 Å². The van der Waals surface area contributed by atoms with Gasteiger partial charge < -0.3 is 5.21 Å². The summed E-state index contributed by atoms with van der Waals surface area (Å²) in [5, 5.41) is 13.6. The zero-order chi connectivity index (χ0) is 3.58. The van der Waals surface area contributed by atoms with Gasteiger partial charge in [-0.05, 0) is 0 Å². The van der Waals surface area contributed by atoms with Crippen LogP contribution in [0.5, 0.6) is 0 Å². The summed E-state index contributed by atoms with van der Waals surface area (Å²) in [6, 6.07) is 0. The van der Waals surface area contributed by atoms with Crippen molar-refractivity contribution in [3.05, 3.63) is 10.1 Å². The number of nitrogens with zero attached hydrogens (tertiary/aromatic N) is 1. The molecule has 4 nitrogen and oxygen atoms in total. The molecule has 0 saturated carbocycles. The molecule has 0 amide bonds. The van der Waals surface area contributed by atoms with Gasteiger partial charge in [-0.3, -0.25) is 0 Å². The van der Waals surface area contributed by atoms with E-state index in [0.717, 1.165) is 0 Å². The van der Waals surface area contributed by atoms with Crippen LogP contribution in [0.2, 0.25) is 0 Å². The third-order valence-corrected chi connectivity index (χ3v) is 0. The van der Waals surface area contributed by atoms with E-state index in [1.165, 1.54) is 0 Å². The van der Waals surface area contributed by atoms with E-state index in [0.29, 0.717) is 0 Å². The summed E-state index contributed by atoms with van der Waals surface area (Å²) < 4.78 is 0. The van der Waals surface area contributed by atoms with Gasteiger partial charge in [-0.15, -0.1) is 34.1 Å². The molecule has 0 aliphatic rings. The van der Waals surface area contributed by atoms with Gasteiger partial charge in [0.25, 0.3) is 5.09 Å². The Morgan fingerprint density at radius 3 is 1.43 bits per heavy atom. The van der Waals surface area contributed by atoms with Crippen LogP contribution in [0.1, 0.15) is 0 Å². The van der Waals surface area contributed by atoms with Gasteiger partial charge in [-0.1, -0.05) is 0 Å². The normalized spacial score (nSPS) is 3.43. The van der Waals surface area contributed by atoms with Gasteiger partial charge in [0.2, 0.25) is 0 Å². The van der Waals surface area contributed by atoms with E-state index < -0.39 is 5.09 Å². The molecule has 0 aliphatic heterocycles. The SMILES string of the molecule is I.O=[N+]([O-])O.[Zn].[Zn]. The predicted molar refractivity (Wildman–Crippen MR) is 24.2 cm³/mol. The fourth-order valence-electron chi connectivity index (χ4n) is 0. The monoisotopic (exact) mass is 319 g/mol. The fraction of sp³-hybridized carbons (Fsp3) is 0. The Morgan fingerprint density at radius 2 is 1.43 bits per heavy atom. The molecule has 0 radical (unpaired) electrons. The minimum Gasteiger partial charge on any atom is -0.328 e. The molecule has 0 unspecified atom stereocenters. The minimum atomic E-state index is -1.50. The Hall–Kier alpha value is 1.18. The van der Waals surface area contributed by atoms with Crippen molar-refractivity contribution in [3.8, 4) is 0 Å². The Labute approximate surface area is 82.7 Å². The standard InChI is InChI=1S/HI.HNO3.2Zn/c;2-1(3)4;;/h1H;(H,2,3,4);;. The van der Waals surface area contributed by atoms with Gasteiger partial charge in [-0.2, -0.15) is 0 Å². The second kappa shape index (κ2) is 15.7. The summed E-state index contributed by atoms with van der Waals surface area (Å²) in [6.07, 6.45) is 0. The summed E-state index contributed by atoms with van der Waals surface area (Å²) in [6.45, 7) is 0. The number of hydrogen-bond donors (Lipinski definition) is 1. The van der Waals surface area contributed by atoms with Crippen LogP contribution in [0.15, 0.2) is 0 Å². The molecule has 0 aromatic carbocycles. The van der Waals surface area contributed by atoms with E-state index in [1.807, 2.05) is 0 Å². The summed E-state index contributed by atoms with van der Waals surface area (Å²) in [5.74, 6) is 0. The molecule has 0 fully saturated rings. The summed E-state index contributed by atoms with van der Waals surface area (Å²) >= 11 is 0. The van der Waals surface area contributed by atoms with Crippen molar-refractivity contribution in [2.24, 2.45) is 0 Å². The zero-order valence-electron chi connectivity index (χ0n) is 3.53. The first-order valence-electron chi connectivity index (χ1n) is 0.565. The van der Waals surface area contributed by atoms with Gasteiger partial charge in [0.1, 0.15) is 0 Å². The van der Waals surface area contributed by atoms with E-state index in [1.54, 1.807) is 0 Å². The van der Waals surface area contributed by atoms with Gasteiger partial charge in [0.15, 0.2) is 0 Å². The second-order valence-electron chi connectivity index (χ2n) is 0.238. The second-order valence-corrected chi connectivity index (χ2v) is 0.238. The predicted octanol–water partition coefficient (Wildman–Crippen LogP) is 0.265. The molecule has 0 saturated heterocycles. The Bertz CT molecular complexity index is 35.9. The van der Waals surface area contributed by atoms with Gasteiger partial charge in [-0.25, -0.2) is 0 Å². The maximum Gasteiger partial charge on any atom is 0.291 e. The van der Waals surface area contributed by atoms with Crippen LogP contribution in [-0.2, 0) is 39.0 Å². The topological polar surface area (TPSA) is 63.4 Å². The molecule has 7 heteroatoms. The first-order chi connectivity index (χ1) is 1.73. The molecule has 0 aromatic heterocycles. The first kappa shape index (κ1) is 24.1. The van der Waals surface area contributed by atoms with Crippen LogP contribution >= 0.6 is 24.0 Å². The maximum absolute atomic E-state index is 8.36. The average molecular weight is 322 g/mol. The van der Waals surface area contributed by atoms with E-state index in [-0.39, 0.29) is 62.9 Å². The summed E-state index contributed by atoms with van der Waals surface area (Å²) in [4.78, 5) is 8.36. The van der Waals surface area contributed by atoms with Crippen molar-refractivity contribution in [1.29, 1.82) is 0 Å². The fourth-order valence-corrected chi connectivity index (χ4v) is 0. The molecule has 0 aliphatic carbocycles. The van der Waals surface area contributed by atoms with Crippen LogP contribution in [-0.4, -0.2) is 10.3 Å². The molecule has 7 heavy (non-hydrogen) atoms. The van der Waals surface area contributed by atoms with Crippen molar-refractivity contribution < 1.29 is 49.2 Å². The minimum absolute atomic E-state index is 0. The number of halogens is 1. The largest absolute Gasteiger partial charge is 0.328 e. The molecular formula is H2INO3Zn2. The smallest absolute Gasteiger partial charge is 0.291 e. The molecule has 0 bridgehead atoms. The number of hydrogen-bond acceptors (Lipinski definition) is 2. The molecule has 1 N–H and O–H groups in total. The van der Waals surface area contributed by atoms with E-state index in [4.69, 9.17) is 15.3 Å². The zero-order valence-corrected chi connectivity index (χ0v) is 11.8. The van der Waals surface area contributed by atoms with Crippen LogP contribution in [0.3, 0.4) is 0 Å². The van der Waals surface area contributed by atoms with Crippen molar-refractivity contribution in [2.45, 2.75) is 0 Å². The third kappa shape index (κ3) is 139. The Kier molecular flexibility index (Phi) is 54.1. The van der Waals surface area contributed by atoms with E-state index >= 15 is 0 Å². The van der Waals surface area contributed by atoms with Crippen LogP contribution in [0, 0.1) is 10.1 Å².